The number of hydrogen-bond donors (Lipinski definition) is 1. The molecule has 0 amide bonds. The molecule has 0 fully saturated rings. The summed E-state index contributed by atoms with van der Waals surface area (Å²) >= 11 is 0. The Morgan fingerprint density at radius 3 is 1.51 bits per heavy atom. The van der Waals surface area contributed by atoms with Crippen LogP contribution in [0.2, 0.25) is 0 Å². The van der Waals surface area contributed by atoms with E-state index < -0.39 is 0 Å². The summed E-state index contributed by atoms with van der Waals surface area (Å²) in [5, 5.41) is 8.82. The van der Waals surface area contributed by atoms with Crippen molar-refractivity contribution in [1.82, 2.24) is 0 Å². The standard InChI is InChI=1S/C30H44O5/c1-32-27-19-18-24(21-30(27)35-4)16-17-25-22-28(33-2)26(29(23-25)34-3)15-13-11-9-7-5-6-8-10-12-14-20-31/h16-19,21-23,31H,5-15,20H2,1-4H3. The van der Waals surface area contributed by atoms with Crippen LogP contribution in [0.1, 0.15) is 80.9 Å². The van der Waals surface area contributed by atoms with Gasteiger partial charge in [0.15, 0.2) is 11.5 Å². The van der Waals surface area contributed by atoms with Crippen molar-refractivity contribution in [3.8, 4) is 23.0 Å². The van der Waals surface area contributed by atoms with E-state index in [1.54, 1.807) is 28.4 Å². The second-order valence-corrected chi connectivity index (χ2v) is 8.86. The molecular formula is C30H44O5. The van der Waals surface area contributed by atoms with Gasteiger partial charge in [-0.1, -0.05) is 69.6 Å². The molecule has 0 aliphatic rings. The number of hydrogen-bond acceptors (Lipinski definition) is 5. The minimum atomic E-state index is 0.328. The van der Waals surface area contributed by atoms with Gasteiger partial charge in [0.05, 0.1) is 28.4 Å². The molecule has 0 bridgehead atoms. The van der Waals surface area contributed by atoms with Gasteiger partial charge in [-0.2, -0.15) is 0 Å². The zero-order valence-electron chi connectivity index (χ0n) is 22.1. The maximum absolute atomic E-state index is 8.82. The molecule has 0 saturated carbocycles. The molecule has 35 heavy (non-hydrogen) atoms. The van der Waals surface area contributed by atoms with Gasteiger partial charge in [-0.25, -0.2) is 0 Å². The zero-order valence-corrected chi connectivity index (χ0v) is 22.1. The van der Waals surface area contributed by atoms with Crippen LogP contribution in [0.3, 0.4) is 0 Å². The first-order valence-electron chi connectivity index (χ1n) is 12.9. The van der Waals surface area contributed by atoms with Crippen molar-refractivity contribution in [2.75, 3.05) is 35.0 Å². The van der Waals surface area contributed by atoms with E-state index >= 15 is 0 Å². The predicted molar refractivity (Wildman–Crippen MR) is 145 cm³/mol. The lowest BCUT2D eigenvalue weighted by atomic mass is 10.0. The van der Waals surface area contributed by atoms with Gasteiger partial charge in [0, 0.05) is 12.2 Å². The number of aliphatic hydroxyl groups is 1. The van der Waals surface area contributed by atoms with Gasteiger partial charge in [-0.15, -0.1) is 0 Å². The van der Waals surface area contributed by atoms with Crippen LogP contribution in [0.25, 0.3) is 12.2 Å². The summed E-state index contributed by atoms with van der Waals surface area (Å²) in [5.74, 6) is 3.17. The molecule has 0 aliphatic carbocycles. The van der Waals surface area contributed by atoms with Crippen LogP contribution in [-0.2, 0) is 6.42 Å². The second kappa shape index (κ2) is 16.9. The third-order valence-electron chi connectivity index (χ3n) is 6.34. The zero-order chi connectivity index (χ0) is 25.3. The molecule has 0 unspecified atom stereocenters. The van der Waals surface area contributed by atoms with E-state index in [1.807, 2.05) is 24.3 Å². The summed E-state index contributed by atoms with van der Waals surface area (Å²) in [4.78, 5) is 0. The van der Waals surface area contributed by atoms with E-state index in [0.717, 1.165) is 53.9 Å². The van der Waals surface area contributed by atoms with Gasteiger partial charge in [0.25, 0.3) is 0 Å². The molecule has 0 aliphatic heterocycles. The van der Waals surface area contributed by atoms with Crippen LogP contribution >= 0.6 is 0 Å². The molecule has 2 aromatic rings. The van der Waals surface area contributed by atoms with E-state index in [0.29, 0.717) is 18.1 Å². The lowest BCUT2D eigenvalue weighted by Crippen LogP contribution is -1.98. The molecule has 0 spiro atoms. The fraction of sp³-hybridized carbons (Fsp3) is 0.533. The van der Waals surface area contributed by atoms with E-state index in [1.165, 1.54) is 44.9 Å². The van der Waals surface area contributed by atoms with Crippen molar-refractivity contribution >= 4 is 12.2 Å². The van der Waals surface area contributed by atoms with Crippen LogP contribution in [-0.4, -0.2) is 40.2 Å². The Bertz CT molecular complexity index is 865. The molecule has 194 valence electrons. The first-order valence-corrected chi connectivity index (χ1v) is 12.9. The van der Waals surface area contributed by atoms with Crippen molar-refractivity contribution in [2.45, 2.75) is 70.6 Å². The smallest absolute Gasteiger partial charge is 0.161 e. The summed E-state index contributed by atoms with van der Waals surface area (Å²) in [6, 6.07) is 10.0. The average molecular weight is 485 g/mol. The van der Waals surface area contributed by atoms with Crippen molar-refractivity contribution < 1.29 is 24.1 Å². The molecule has 0 radical (unpaired) electrons. The topological polar surface area (TPSA) is 57.2 Å². The van der Waals surface area contributed by atoms with Crippen molar-refractivity contribution in [1.29, 1.82) is 0 Å². The van der Waals surface area contributed by atoms with Crippen LogP contribution in [0, 0.1) is 0 Å². The van der Waals surface area contributed by atoms with Gasteiger partial charge in [-0.3, -0.25) is 0 Å². The Labute approximate surface area is 212 Å². The highest BCUT2D eigenvalue weighted by molar-refractivity contribution is 5.73. The molecule has 1 N–H and O–H groups in total. The van der Waals surface area contributed by atoms with Gasteiger partial charge in [0.1, 0.15) is 11.5 Å². The molecular weight excluding hydrogens is 440 g/mol. The summed E-state index contributed by atoms with van der Waals surface area (Å²) in [6.45, 7) is 0.328. The monoisotopic (exact) mass is 484 g/mol. The highest BCUT2D eigenvalue weighted by Gasteiger charge is 2.12. The van der Waals surface area contributed by atoms with Gasteiger partial charge in [0.2, 0.25) is 0 Å². The number of unbranched alkanes of at least 4 members (excludes halogenated alkanes) is 9. The normalized spacial score (nSPS) is 11.1. The van der Waals surface area contributed by atoms with Crippen LogP contribution in [0.15, 0.2) is 30.3 Å². The molecule has 0 atom stereocenters. The predicted octanol–water partition coefficient (Wildman–Crippen LogP) is 7.33. The third-order valence-corrected chi connectivity index (χ3v) is 6.34. The highest BCUT2D eigenvalue weighted by Crippen LogP contribution is 2.33. The van der Waals surface area contributed by atoms with Gasteiger partial charge in [-0.05, 0) is 54.7 Å². The molecule has 0 saturated heterocycles. The van der Waals surface area contributed by atoms with E-state index in [4.69, 9.17) is 24.1 Å². The number of ether oxygens (including phenoxy) is 4. The van der Waals surface area contributed by atoms with E-state index in [9.17, 15) is 0 Å². The Morgan fingerprint density at radius 1 is 0.543 bits per heavy atom. The van der Waals surface area contributed by atoms with Crippen LogP contribution in [0.5, 0.6) is 23.0 Å². The van der Waals surface area contributed by atoms with Crippen molar-refractivity contribution in [2.24, 2.45) is 0 Å². The highest BCUT2D eigenvalue weighted by atomic mass is 16.5. The van der Waals surface area contributed by atoms with Crippen LogP contribution in [0.4, 0.5) is 0 Å². The molecule has 5 heteroatoms. The fourth-order valence-corrected chi connectivity index (χ4v) is 4.32. The Morgan fingerprint density at radius 2 is 1.00 bits per heavy atom. The summed E-state index contributed by atoms with van der Waals surface area (Å²) in [5.41, 5.74) is 3.19. The van der Waals surface area contributed by atoms with Crippen molar-refractivity contribution in [3.63, 3.8) is 0 Å². The number of benzene rings is 2. The lowest BCUT2D eigenvalue weighted by molar-refractivity contribution is 0.282. The minimum Gasteiger partial charge on any atom is -0.496 e. The Balaban J connectivity index is 1.89. The maximum Gasteiger partial charge on any atom is 0.161 e. The van der Waals surface area contributed by atoms with Gasteiger partial charge < -0.3 is 24.1 Å². The summed E-state index contributed by atoms with van der Waals surface area (Å²) in [6.07, 6.45) is 17.2. The largest absolute Gasteiger partial charge is 0.496 e. The Kier molecular flexibility index (Phi) is 13.8. The van der Waals surface area contributed by atoms with Gasteiger partial charge >= 0.3 is 0 Å². The molecule has 0 aromatic heterocycles. The number of methoxy groups -OCH3 is 4. The summed E-state index contributed by atoms with van der Waals surface area (Å²) < 4.78 is 22.2. The average Bonchev–Trinajstić information content (AvgIpc) is 2.90. The molecule has 2 aromatic carbocycles. The quantitative estimate of drug-likeness (QED) is 0.177. The minimum absolute atomic E-state index is 0.328. The molecule has 0 heterocycles. The summed E-state index contributed by atoms with van der Waals surface area (Å²) in [7, 11) is 6.72. The number of rotatable bonds is 18. The molecule has 5 nitrogen and oxygen atoms in total. The SMILES string of the molecule is COc1ccc(C=Cc2cc(OC)c(CCCCCCCCCCCCO)c(OC)c2)cc1OC. The Hall–Kier alpha value is -2.66. The molecule has 2 rings (SSSR count). The van der Waals surface area contributed by atoms with Crippen molar-refractivity contribution in [3.05, 3.63) is 47.0 Å². The van der Waals surface area contributed by atoms with E-state index in [2.05, 4.69) is 18.2 Å². The number of aliphatic hydroxyl groups excluding tert-OH is 1. The van der Waals surface area contributed by atoms with E-state index in [-0.39, 0.29) is 0 Å². The lowest BCUT2D eigenvalue weighted by Gasteiger charge is -2.15. The fourth-order valence-electron chi connectivity index (χ4n) is 4.32. The second-order valence-electron chi connectivity index (χ2n) is 8.86. The first kappa shape index (κ1) is 28.6. The first-order chi connectivity index (χ1) is 17.2. The van der Waals surface area contributed by atoms with Crippen LogP contribution < -0.4 is 18.9 Å². The maximum atomic E-state index is 8.82. The third kappa shape index (κ3) is 9.85.